The summed E-state index contributed by atoms with van der Waals surface area (Å²) in [5.41, 5.74) is 1.68. The van der Waals surface area contributed by atoms with Crippen molar-refractivity contribution in [2.45, 2.75) is 152 Å². The van der Waals surface area contributed by atoms with Gasteiger partial charge in [0.25, 0.3) is 0 Å². The molecular formula is C35H62O. The summed E-state index contributed by atoms with van der Waals surface area (Å²) in [5, 5.41) is 0. The molecule has 5 aliphatic rings. The van der Waals surface area contributed by atoms with Gasteiger partial charge in [-0.3, -0.25) is 0 Å². The van der Waals surface area contributed by atoms with Crippen LogP contribution < -0.4 is 0 Å². The maximum atomic E-state index is 7.37. The molecule has 1 nitrogen and oxygen atoms in total. The Labute approximate surface area is 225 Å². The Kier molecular flexibility index (Phi) is 6.67. The van der Waals surface area contributed by atoms with Crippen molar-refractivity contribution in [1.29, 1.82) is 0 Å². The lowest BCUT2D eigenvalue weighted by molar-refractivity contribution is -0.186. The second-order valence-corrected chi connectivity index (χ2v) is 16.5. The summed E-state index contributed by atoms with van der Waals surface area (Å²) in [6.07, 6.45) is 14.6. The van der Waals surface area contributed by atoms with Crippen LogP contribution in [-0.4, -0.2) is 11.7 Å². The third kappa shape index (κ3) is 3.29. The van der Waals surface area contributed by atoms with Gasteiger partial charge in [0.1, 0.15) is 0 Å². The molecule has 36 heavy (non-hydrogen) atoms. The molecular weight excluding hydrogens is 436 g/mol. The van der Waals surface area contributed by atoms with Crippen LogP contribution in [0.5, 0.6) is 0 Å². The van der Waals surface area contributed by atoms with Gasteiger partial charge in [0.15, 0.2) is 0 Å². The molecule has 1 aliphatic heterocycles. The smallest absolute Gasteiger partial charge is 0.0715 e. The molecule has 0 amide bonds. The standard InChI is InChI=1S/C35H62O/c1-12-22(3)18-24(5)35(11)25(6)34(10)30(36-35)21-32(8)29-15-14-27-19-26(13-2)23(4)20-31(27,7)28(29)16-17-33(32,34)9/h22-30H,12-21H2,1-11H3/t22?,23?,24?,25-,26+,27?,28?,29?,30?,31-,32?,33-,34?,35?/m0/s1. The molecule has 0 aromatic rings. The van der Waals surface area contributed by atoms with Crippen molar-refractivity contribution in [1.82, 2.24) is 0 Å². The van der Waals surface area contributed by atoms with E-state index in [-0.39, 0.29) is 11.0 Å². The predicted molar refractivity (Wildman–Crippen MR) is 154 cm³/mol. The first-order valence-corrected chi connectivity index (χ1v) is 16.4. The Balaban J connectivity index is 1.45. The number of fused-ring (bicyclic) bond motifs is 7. The SMILES string of the molecule is CCC(C)CC(C)C1(C)OC2CC3(C)C4CCC5C[C@@H](CC)C(C)C[C@]5(C)C4CC[C@]3(C)C2(C)[C@@H]1C. The Morgan fingerprint density at radius 2 is 1.58 bits per heavy atom. The van der Waals surface area contributed by atoms with E-state index in [9.17, 15) is 0 Å². The Morgan fingerprint density at radius 3 is 2.22 bits per heavy atom. The van der Waals surface area contributed by atoms with Crippen LogP contribution >= 0.6 is 0 Å². The van der Waals surface area contributed by atoms with Crippen molar-refractivity contribution in [3.8, 4) is 0 Å². The van der Waals surface area contributed by atoms with Gasteiger partial charge in [0.05, 0.1) is 11.7 Å². The predicted octanol–water partition coefficient (Wildman–Crippen LogP) is 10.2. The summed E-state index contributed by atoms with van der Waals surface area (Å²) in [7, 11) is 0. The van der Waals surface area contributed by atoms with Crippen molar-refractivity contribution in [2.24, 2.45) is 69.0 Å². The zero-order valence-corrected chi connectivity index (χ0v) is 26.2. The normalized spacial score (nSPS) is 57.9. The number of ether oxygens (including phenoxy) is 1. The molecule has 4 aliphatic carbocycles. The summed E-state index contributed by atoms with van der Waals surface area (Å²) in [4.78, 5) is 0. The average Bonchev–Trinajstić information content (AvgIpc) is 3.13. The molecule has 5 fully saturated rings. The first-order valence-electron chi connectivity index (χ1n) is 16.4. The lowest BCUT2D eigenvalue weighted by Gasteiger charge is -2.67. The molecule has 4 saturated carbocycles. The molecule has 0 N–H and O–H groups in total. The molecule has 14 atom stereocenters. The third-order valence-corrected chi connectivity index (χ3v) is 15.9. The molecule has 5 rings (SSSR count). The lowest BCUT2D eigenvalue weighted by atomic mass is 9.37. The van der Waals surface area contributed by atoms with E-state index in [1.165, 1.54) is 64.2 Å². The van der Waals surface area contributed by atoms with Crippen LogP contribution in [0.2, 0.25) is 0 Å². The van der Waals surface area contributed by atoms with Gasteiger partial charge < -0.3 is 4.74 Å². The van der Waals surface area contributed by atoms with Gasteiger partial charge in [-0.05, 0) is 122 Å². The summed E-state index contributed by atoms with van der Waals surface area (Å²) in [6.45, 7) is 28.4. The molecule has 0 bridgehead atoms. The topological polar surface area (TPSA) is 9.23 Å². The van der Waals surface area contributed by atoms with Crippen LogP contribution in [0.15, 0.2) is 0 Å². The molecule has 0 radical (unpaired) electrons. The largest absolute Gasteiger partial charge is 0.371 e. The highest BCUT2D eigenvalue weighted by Gasteiger charge is 2.77. The number of hydrogen-bond donors (Lipinski definition) is 0. The highest BCUT2D eigenvalue weighted by atomic mass is 16.5. The first-order chi connectivity index (χ1) is 16.7. The van der Waals surface area contributed by atoms with Crippen molar-refractivity contribution in [2.75, 3.05) is 0 Å². The minimum absolute atomic E-state index is 0.0155. The van der Waals surface area contributed by atoms with Crippen molar-refractivity contribution < 1.29 is 4.74 Å². The third-order valence-electron chi connectivity index (χ3n) is 15.9. The molecule has 1 heteroatoms. The van der Waals surface area contributed by atoms with Gasteiger partial charge in [-0.15, -0.1) is 0 Å². The molecule has 0 aromatic heterocycles. The molecule has 0 aromatic carbocycles. The first kappa shape index (κ1) is 27.5. The van der Waals surface area contributed by atoms with E-state index < -0.39 is 0 Å². The second kappa shape index (κ2) is 8.73. The molecule has 1 saturated heterocycles. The van der Waals surface area contributed by atoms with Gasteiger partial charge in [-0.25, -0.2) is 0 Å². The Hall–Kier alpha value is -0.0400. The van der Waals surface area contributed by atoms with Gasteiger partial charge in [0.2, 0.25) is 0 Å². The van der Waals surface area contributed by atoms with E-state index in [1.54, 1.807) is 0 Å². The highest BCUT2D eigenvalue weighted by Crippen LogP contribution is 2.80. The Bertz CT molecular complexity index is 834. The zero-order chi connectivity index (χ0) is 26.5. The van der Waals surface area contributed by atoms with Crippen molar-refractivity contribution in [3.63, 3.8) is 0 Å². The molecule has 208 valence electrons. The van der Waals surface area contributed by atoms with E-state index in [0.717, 1.165) is 35.5 Å². The number of hydrogen-bond acceptors (Lipinski definition) is 1. The summed E-state index contributed by atoms with van der Waals surface area (Å²) in [5.74, 6) is 6.71. The van der Waals surface area contributed by atoms with Gasteiger partial charge in [0, 0.05) is 5.41 Å². The molecule has 1 heterocycles. The summed E-state index contributed by atoms with van der Waals surface area (Å²) < 4.78 is 7.37. The van der Waals surface area contributed by atoms with E-state index in [4.69, 9.17) is 4.74 Å². The van der Waals surface area contributed by atoms with Gasteiger partial charge >= 0.3 is 0 Å². The summed E-state index contributed by atoms with van der Waals surface area (Å²) >= 11 is 0. The minimum Gasteiger partial charge on any atom is -0.371 e. The maximum absolute atomic E-state index is 7.37. The number of rotatable bonds is 5. The van der Waals surface area contributed by atoms with Gasteiger partial charge in [-0.2, -0.15) is 0 Å². The van der Waals surface area contributed by atoms with Crippen molar-refractivity contribution >= 4 is 0 Å². The molecule has 0 spiro atoms. The van der Waals surface area contributed by atoms with E-state index in [2.05, 4.69) is 76.2 Å². The fraction of sp³-hybridized carbons (Fsp3) is 1.00. The highest BCUT2D eigenvalue weighted by molar-refractivity contribution is 5.25. The Morgan fingerprint density at radius 1 is 0.889 bits per heavy atom. The van der Waals surface area contributed by atoms with Crippen molar-refractivity contribution in [3.05, 3.63) is 0 Å². The average molecular weight is 499 g/mol. The monoisotopic (exact) mass is 498 g/mol. The van der Waals surface area contributed by atoms with E-state index >= 15 is 0 Å². The zero-order valence-electron chi connectivity index (χ0n) is 26.2. The molecule has 10 unspecified atom stereocenters. The second-order valence-electron chi connectivity index (χ2n) is 16.5. The van der Waals surface area contributed by atoms with Crippen LogP contribution in [0, 0.1) is 69.0 Å². The van der Waals surface area contributed by atoms with Crippen LogP contribution in [0.25, 0.3) is 0 Å². The van der Waals surface area contributed by atoms with Gasteiger partial charge in [-0.1, -0.05) is 82.1 Å². The van der Waals surface area contributed by atoms with Crippen LogP contribution in [0.4, 0.5) is 0 Å². The fourth-order valence-corrected chi connectivity index (χ4v) is 12.5. The van der Waals surface area contributed by atoms with Crippen LogP contribution in [0.3, 0.4) is 0 Å². The fourth-order valence-electron chi connectivity index (χ4n) is 12.5. The quantitative estimate of drug-likeness (QED) is 0.366. The lowest BCUT2D eigenvalue weighted by Crippen LogP contribution is -2.61. The minimum atomic E-state index is 0.0155. The van der Waals surface area contributed by atoms with E-state index in [1.807, 2.05) is 0 Å². The maximum Gasteiger partial charge on any atom is 0.0715 e. The van der Waals surface area contributed by atoms with Crippen LogP contribution in [0.1, 0.15) is 140 Å². The van der Waals surface area contributed by atoms with E-state index in [0.29, 0.717) is 34.2 Å². The van der Waals surface area contributed by atoms with Crippen LogP contribution in [-0.2, 0) is 4.74 Å². The summed E-state index contributed by atoms with van der Waals surface area (Å²) in [6, 6.07) is 0.